The maximum absolute atomic E-state index is 4.43. The molecule has 0 aromatic heterocycles. The average molecular weight is 306 g/mol. The monoisotopic (exact) mass is 306 g/mol. The van der Waals surface area contributed by atoms with Gasteiger partial charge in [0.1, 0.15) is 0 Å². The summed E-state index contributed by atoms with van der Waals surface area (Å²) in [7, 11) is 0. The molecule has 0 amide bonds. The van der Waals surface area contributed by atoms with Gasteiger partial charge in [0.05, 0.1) is 0 Å². The fourth-order valence-electron chi connectivity index (χ4n) is 6.86. The molecular formula is C16H25Y-. The van der Waals surface area contributed by atoms with Crippen LogP contribution in [0.3, 0.4) is 0 Å². The molecule has 93 valence electrons. The topological polar surface area (TPSA) is 0 Å². The van der Waals surface area contributed by atoms with Crippen LogP contribution in [0, 0.1) is 60.2 Å². The average Bonchev–Trinajstić information content (AvgIpc) is 2.92. The molecule has 0 aromatic carbocycles. The van der Waals surface area contributed by atoms with E-state index in [2.05, 4.69) is 20.8 Å². The van der Waals surface area contributed by atoms with Crippen molar-refractivity contribution in [3.05, 3.63) is 6.92 Å². The van der Waals surface area contributed by atoms with Crippen LogP contribution in [0.15, 0.2) is 0 Å². The number of hydrogen-bond donors (Lipinski definition) is 0. The molecule has 0 nitrogen and oxygen atoms in total. The summed E-state index contributed by atoms with van der Waals surface area (Å²) in [5.41, 5.74) is 0. The predicted molar refractivity (Wildman–Crippen MR) is 66.6 cm³/mol. The van der Waals surface area contributed by atoms with E-state index in [1.165, 1.54) is 12.8 Å². The Labute approximate surface area is 132 Å². The van der Waals surface area contributed by atoms with Crippen molar-refractivity contribution in [1.82, 2.24) is 0 Å². The second-order valence-electron chi connectivity index (χ2n) is 7.30. The zero-order valence-corrected chi connectivity index (χ0v) is 14.1. The van der Waals surface area contributed by atoms with Crippen molar-refractivity contribution in [1.29, 1.82) is 0 Å². The van der Waals surface area contributed by atoms with Gasteiger partial charge in [-0.05, 0) is 54.3 Å². The number of fused-ring (bicyclic) bond motifs is 9. The Morgan fingerprint density at radius 1 is 1.00 bits per heavy atom. The predicted octanol–water partition coefficient (Wildman–Crippen LogP) is 4.02. The summed E-state index contributed by atoms with van der Waals surface area (Å²) in [5, 5.41) is 0. The van der Waals surface area contributed by atoms with Crippen molar-refractivity contribution in [2.45, 2.75) is 39.5 Å². The van der Waals surface area contributed by atoms with E-state index in [1.807, 2.05) is 0 Å². The van der Waals surface area contributed by atoms with Crippen LogP contribution in [0.25, 0.3) is 0 Å². The van der Waals surface area contributed by atoms with Gasteiger partial charge in [0.15, 0.2) is 0 Å². The van der Waals surface area contributed by atoms with Crippen molar-refractivity contribution >= 4 is 0 Å². The smallest absolute Gasteiger partial charge is 0 e. The first-order chi connectivity index (χ1) is 7.72. The van der Waals surface area contributed by atoms with Gasteiger partial charge >= 0.3 is 0 Å². The Kier molecular flexibility index (Phi) is 3.32. The third-order valence-electron chi connectivity index (χ3n) is 7.17. The molecule has 0 aliphatic heterocycles. The minimum atomic E-state index is 0. The standard InChI is InChI=1S/C16H25.Y/c1-4-11-9(3)13-7-14(11)15-10-5-8(2)12(6-10)16(13)15;/h8-16H,2,4-7H2,1,3H3;/q-1;. The Morgan fingerprint density at radius 2 is 1.76 bits per heavy atom. The minimum Gasteiger partial charge on any atom is -0.340 e. The Balaban J connectivity index is 0.000000902. The largest absolute Gasteiger partial charge is 0.340 e. The van der Waals surface area contributed by atoms with Gasteiger partial charge in [0.2, 0.25) is 0 Å². The van der Waals surface area contributed by atoms with Crippen molar-refractivity contribution in [2.75, 3.05) is 0 Å². The van der Waals surface area contributed by atoms with Gasteiger partial charge in [-0.1, -0.05) is 32.6 Å². The quantitative estimate of drug-likeness (QED) is 0.507. The summed E-state index contributed by atoms with van der Waals surface area (Å²) >= 11 is 0. The summed E-state index contributed by atoms with van der Waals surface area (Å²) in [5.74, 6) is 9.53. The molecule has 0 N–H and O–H groups in total. The van der Waals surface area contributed by atoms with Crippen molar-refractivity contribution in [3.63, 3.8) is 0 Å². The summed E-state index contributed by atoms with van der Waals surface area (Å²) in [4.78, 5) is 0. The summed E-state index contributed by atoms with van der Waals surface area (Å²) < 4.78 is 0. The summed E-state index contributed by atoms with van der Waals surface area (Å²) in [6.45, 7) is 9.41. The molecule has 0 saturated heterocycles. The van der Waals surface area contributed by atoms with Gasteiger partial charge in [-0.25, -0.2) is 0 Å². The minimum absolute atomic E-state index is 0. The Bertz CT molecular complexity index is 313. The van der Waals surface area contributed by atoms with Gasteiger partial charge in [0.25, 0.3) is 0 Å². The molecule has 0 spiro atoms. The molecule has 4 saturated carbocycles. The van der Waals surface area contributed by atoms with Crippen LogP contribution in [0.2, 0.25) is 0 Å². The molecule has 1 heteroatoms. The molecule has 4 fully saturated rings. The van der Waals surface area contributed by atoms with Crippen LogP contribution >= 0.6 is 0 Å². The van der Waals surface area contributed by atoms with E-state index in [0.717, 1.165) is 53.3 Å². The maximum Gasteiger partial charge on any atom is 0 e. The molecule has 9 atom stereocenters. The van der Waals surface area contributed by atoms with Crippen LogP contribution < -0.4 is 0 Å². The SMILES string of the molecule is [CH2-]C1CC2CC1C1C3CC(C(CC)C3C)C21.[Y]. The number of hydrogen-bond acceptors (Lipinski definition) is 0. The van der Waals surface area contributed by atoms with Gasteiger partial charge < -0.3 is 6.92 Å². The van der Waals surface area contributed by atoms with Gasteiger partial charge in [-0.2, -0.15) is 5.92 Å². The molecule has 1 radical (unpaired) electrons. The second-order valence-corrected chi connectivity index (χ2v) is 7.30. The third-order valence-corrected chi connectivity index (χ3v) is 7.17. The normalized spacial score (nSPS) is 62.6. The number of rotatable bonds is 1. The zero-order valence-electron chi connectivity index (χ0n) is 11.3. The van der Waals surface area contributed by atoms with Gasteiger partial charge in [-0.15, -0.1) is 0 Å². The van der Waals surface area contributed by atoms with E-state index in [9.17, 15) is 0 Å². The first-order valence-corrected chi connectivity index (χ1v) is 7.55. The van der Waals surface area contributed by atoms with Crippen LogP contribution in [-0.2, 0) is 32.7 Å². The van der Waals surface area contributed by atoms with Crippen molar-refractivity contribution < 1.29 is 32.7 Å². The van der Waals surface area contributed by atoms with Gasteiger partial charge in [-0.3, -0.25) is 0 Å². The molecule has 4 aliphatic carbocycles. The first-order valence-electron chi connectivity index (χ1n) is 7.55. The van der Waals surface area contributed by atoms with Crippen LogP contribution in [0.4, 0.5) is 0 Å². The molecule has 4 bridgehead atoms. The summed E-state index contributed by atoms with van der Waals surface area (Å²) in [6, 6.07) is 0. The maximum atomic E-state index is 4.43. The Hall–Kier alpha value is 1.10. The van der Waals surface area contributed by atoms with E-state index in [1.54, 1.807) is 12.8 Å². The molecule has 0 aromatic rings. The molecule has 9 unspecified atom stereocenters. The molecule has 4 rings (SSSR count). The third kappa shape index (κ3) is 1.49. The molecule has 4 aliphatic rings. The van der Waals surface area contributed by atoms with E-state index in [-0.39, 0.29) is 32.7 Å². The molecule has 0 heterocycles. The van der Waals surface area contributed by atoms with E-state index < -0.39 is 0 Å². The summed E-state index contributed by atoms with van der Waals surface area (Å²) in [6.07, 6.45) is 6.06. The zero-order chi connectivity index (χ0) is 11.0. The van der Waals surface area contributed by atoms with E-state index in [0.29, 0.717) is 0 Å². The van der Waals surface area contributed by atoms with Gasteiger partial charge in [0, 0.05) is 32.7 Å². The van der Waals surface area contributed by atoms with Crippen LogP contribution in [0.5, 0.6) is 0 Å². The van der Waals surface area contributed by atoms with E-state index in [4.69, 9.17) is 0 Å². The second kappa shape index (κ2) is 4.30. The molecule has 17 heavy (non-hydrogen) atoms. The van der Waals surface area contributed by atoms with E-state index >= 15 is 0 Å². The molecular weight excluding hydrogens is 281 g/mol. The fourth-order valence-corrected chi connectivity index (χ4v) is 6.86. The van der Waals surface area contributed by atoms with Crippen molar-refractivity contribution in [3.8, 4) is 0 Å². The van der Waals surface area contributed by atoms with Crippen molar-refractivity contribution in [2.24, 2.45) is 53.3 Å². The Morgan fingerprint density at radius 3 is 2.47 bits per heavy atom. The fraction of sp³-hybridized carbons (Fsp3) is 0.938. The van der Waals surface area contributed by atoms with Crippen LogP contribution in [0.1, 0.15) is 39.5 Å². The first kappa shape index (κ1) is 13.1. The van der Waals surface area contributed by atoms with Crippen LogP contribution in [-0.4, -0.2) is 0 Å².